The van der Waals surface area contributed by atoms with Crippen LogP contribution < -0.4 is 15.0 Å². The summed E-state index contributed by atoms with van der Waals surface area (Å²) in [6, 6.07) is 21.6. The molecule has 0 atom stereocenters. The molecule has 4 rings (SSSR count). The lowest BCUT2D eigenvalue weighted by atomic mass is 10.0. The molecule has 0 unspecified atom stereocenters. The van der Waals surface area contributed by atoms with Gasteiger partial charge in [-0.05, 0) is 71.5 Å². The van der Waals surface area contributed by atoms with E-state index < -0.39 is 6.09 Å². The van der Waals surface area contributed by atoms with Crippen molar-refractivity contribution in [3.05, 3.63) is 88.4 Å². The minimum Gasteiger partial charge on any atom is -0.410 e. The summed E-state index contributed by atoms with van der Waals surface area (Å²) in [5.74, 6) is 1.01. The Labute approximate surface area is 182 Å². The van der Waals surface area contributed by atoms with Crippen LogP contribution in [0.1, 0.15) is 36.5 Å². The van der Waals surface area contributed by atoms with E-state index in [2.05, 4.69) is 36.2 Å². The Hall–Kier alpha value is -2.98. The summed E-state index contributed by atoms with van der Waals surface area (Å²) in [6.07, 6.45) is 0.446. The second-order valence-corrected chi connectivity index (χ2v) is 8.32. The van der Waals surface area contributed by atoms with E-state index in [1.165, 1.54) is 22.4 Å². The molecule has 0 radical (unpaired) electrons. The van der Waals surface area contributed by atoms with Crippen LogP contribution in [-0.4, -0.2) is 12.6 Å². The number of halogens is 1. The van der Waals surface area contributed by atoms with E-state index in [4.69, 9.17) is 16.3 Å². The van der Waals surface area contributed by atoms with Crippen LogP contribution in [-0.2, 0) is 13.0 Å². The second-order valence-electron chi connectivity index (χ2n) is 7.88. The maximum Gasteiger partial charge on any atom is 0.417 e. The molecule has 1 heterocycles. The van der Waals surface area contributed by atoms with Crippen LogP contribution in [0.2, 0.25) is 5.02 Å². The Morgan fingerprint density at radius 2 is 1.80 bits per heavy atom. The number of nitrogens with zero attached hydrogens (tertiary/aromatic N) is 1. The molecule has 30 heavy (non-hydrogen) atoms. The van der Waals surface area contributed by atoms with Crippen LogP contribution in [0.15, 0.2) is 66.7 Å². The number of ether oxygens (including phenoxy) is 1. The average Bonchev–Trinajstić information content (AvgIpc) is 3.12. The Morgan fingerprint density at radius 3 is 2.50 bits per heavy atom. The number of fused-ring (bicyclic) bond motifs is 1. The van der Waals surface area contributed by atoms with Crippen molar-refractivity contribution >= 4 is 29.1 Å². The predicted octanol–water partition coefficient (Wildman–Crippen LogP) is 6.64. The third-order valence-electron chi connectivity index (χ3n) is 5.36. The molecule has 0 aromatic heterocycles. The van der Waals surface area contributed by atoms with Gasteiger partial charge in [-0.1, -0.05) is 49.7 Å². The van der Waals surface area contributed by atoms with Gasteiger partial charge in [0.25, 0.3) is 0 Å². The molecule has 1 aliphatic heterocycles. The predicted molar refractivity (Wildman–Crippen MR) is 123 cm³/mol. The van der Waals surface area contributed by atoms with Gasteiger partial charge in [0.1, 0.15) is 5.75 Å². The van der Waals surface area contributed by atoms with Gasteiger partial charge in [-0.25, -0.2) is 4.79 Å². The lowest BCUT2D eigenvalue weighted by Crippen LogP contribution is -2.19. The van der Waals surface area contributed by atoms with E-state index in [1.54, 1.807) is 0 Å². The van der Waals surface area contributed by atoms with Crippen molar-refractivity contribution in [1.82, 2.24) is 0 Å². The van der Waals surface area contributed by atoms with Gasteiger partial charge in [-0.15, -0.1) is 0 Å². The fourth-order valence-electron chi connectivity index (χ4n) is 3.69. The van der Waals surface area contributed by atoms with Gasteiger partial charge in [-0.2, -0.15) is 0 Å². The van der Waals surface area contributed by atoms with E-state index >= 15 is 0 Å². The van der Waals surface area contributed by atoms with Crippen LogP contribution in [0.4, 0.5) is 16.2 Å². The number of carbonyl (C=O) groups excluding carboxylic acids is 1. The van der Waals surface area contributed by atoms with Gasteiger partial charge in [0.05, 0.1) is 0 Å². The number of carbonyl (C=O) groups is 1. The molecule has 0 spiro atoms. The molecule has 3 aromatic rings. The van der Waals surface area contributed by atoms with Crippen LogP contribution in [0.3, 0.4) is 0 Å². The Morgan fingerprint density at radius 1 is 1.07 bits per heavy atom. The van der Waals surface area contributed by atoms with Crippen molar-refractivity contribution in [3.63, 3.8) is 0 Å². The van der Waals surface area contributed by atoms with Gasteiger partial charge in [-0.3, -0.25) is 5.32 Å². The average molecular weight is 421 g/mol. The second kappa shape index (κ2) is 8.80. The first kappa shape index (κ1) is 20.3. The highest BCUT2D eigenvalue weighted by Crippen LogP contribution is 2.32. The van der Waals surface area contributed by atoms with Gasteiger partial charge >= 0.3 is 6.09 Å². The third kappa shape index (κ3) is 4.77. The molecular formula is C25H25ClN2O2. The minimum atomic E-state index is -0.483. The van der Waals surface area contributed by atoms with Crippen LogP contribution in [0.25, 0.3) is 0 Å². The number of hydrogen-bond donors (Lipinski definition) is 1. The van der Waals surface area contributed by atoms with E-state index in [0.717, 1.165) is 30.2 Å². The fourth-order valence-corrected chi connectivity index (χ4v) is 3.81. The highest BCUT2D eigenvalue weighted by Gasteiger charge is 2.20. The van der Waals surface area contributed by atoms with Gasteiger partial charge in [0.2, 0.25) is 0 Å². The zero-order valence-electron chi connectivity index (χ0n) is 17.2. The monoisotopic (exact) mass is 420 g/mol. The van der Waals surface area contributed by atoms with Crippen molar-refractivity contribution in [3.8, 4) is 5.75 Å². The van der Waals surface area contributed by atoms with Crippen LogP contribution in [0.5, 0.6) is 5.75 Å². The molecule has 0 bridgehead atoms. The number of amides is 1. The van der Waals surface area contributed by atoms with Gasteiger partial charge in [0, 0.05) is 29.5 Å². The molecule has 5 heteroatoms. The SMILES string of the molecule is CC(C)c1ccc(NC(=O)Oc2ccc3c(c2)CCN3Cc2ccc(Cl)cc2)cc1. The van der Waals surface area contributed by atoms with Crippen molar-refractivity contribution in [2.24, 2.45) is 0 Å². The van der Waals surface area contributed by atoms with E-state index in [-0.39, 0.29) is 0 Å². The molecule has 0 saturated heterocycles. The Balaban J connectivity index is 1.38. The lowest BCUT2D eigenvalue weighted by Gasteiger charge is -2.19. The summed E-state index contributed by atoms with van der Waals surface area (Å²) >= 11 is 5.98. The maximum absolute atomic E-state index is 12.3. The summed E-state index contributed by atoms with van der Waals surface area (Å²) in [5, 5.41) is 3.53. The Bertz CT molecular complexity index is 1030. The van der Waals surface area contributed by atoms with Gasteiger partial charge < -0.3 is 9.64 Å². The zero-order valence-corrected chi connectivity index (χ0v) is 17.9. The molecule has 154 valence electrons. The van der Waals surface area contributed by atoms with Crippen LogP contribution in [0, 0.1) is 0 Å². The molecule has 3 aromatic carbocycles. The summed E-state index contributed by atoms with van der Waals surface area (Å²) in [6.45, 7) is 6.05. The first-order valence-electron chi connectivity index (χ1n) is 10.2. The third-order valence-corrected chi connectivity index (χ3v) is 5.62. The fraction of sp³-hybridized carbons (Fsp3) is 0.240. The summed E-state index contributed by atoms with van der Waals surface area (Å²) in [7, 11) is 0. The largest absolute Gasteiger partial charge is 0.417 e. The van der Waals surface area contributed by atoms with Gasteiger partial charge in [0.15, 0.2) is 0 Å². The number of nitrogens with one attached hydrogen (secondary N) is 1. The van der Waals surface area contributed by atoms with Crippen molar-refractivity contribution in [2.45, 2.75) is 32.7 Å². The molecular weight excluding hydrogens is 396 g/mol. The normalized spacial score (nSPS) is 12.7. The molecule has 1 N–H and O–H groups in total. The smallest absolute Gasteiger partial charge is 0.410 e. The minimum absolute atomic E-state index is 0.455. The zero-order chi connectivity index (χ0) is 21.1. The number of hydrogen-bond acceptors (Lipinski definition) is 3. The summed E-state index contributed by atoms with van der Waals surface area (Å²) in [4.78, 5) is 14.6. The van der Waals surface area contributed by atoms with E-state index in [9.17, 15) is 4.79 Å². The number of rotatable bonds is 5. The van der Waals surface area contributed by atoms with Crippen LogP contribution >= 0.6 is 11.6 Å². The molecule has 0 aliphatic carbocycles. The van der Waals surface area contributed by atoms with Crippen molar-refractivity contribution in [1.29, 1.82) is 0 Å². The molecule has 4 nitrogen and oxygen atoms in total. The maximum atomic E-state index is 12.3. The highest BCUT2D eigenvalue weighted by molar-refractivity contribution is 6.30. The molecule has 1 amide bonds. The molecule has 1 aliphatic rings. The van der Waals surface area contributed by atoms with Crippen molar-refractivity contribution in [2.75, 3.05) is 16.8 Å². The summed E-state index contributed by atoms with van der Waals surface area (Å²) < 4.78 is 5.50. The standard InChI is InChI=1S/C25H25ClN2O2/c1-17(2)19-5-9-22(10-6-19)27-25(29)30-23-11-12-24-20(15-23)13-14-28(24)16-18-3-7-21(26)8-4-18/h3-12,15,17H,13-14,16H2,1-2H3,(H,27,29). The molecule has 0 fully saturated rings. The highest BCUT2D eigenvalue weighted by atomic mass is 35.5. The Kier molecular flexibility index (Phi) is 5.96. The summed E-state index contributed by atoms with van der Waals surface area (Å²) in [5.41, 5.74) is 5.54. The molecule has 0 saturated carbocycles. The lowest BCUT2D eigenvalue weighted by molar-refractivity contribution is 0.215. The van der Waals surface area contributed by atoms with E-state index in [1.807, 2.05) is 54.6 Å². The van der Waals surface area contributed by atoms with Crippen molar-refractivity contribution < 1.29 is 9.53 Å². The quantitative estimate of drug-likeness (QED) is 0.503. The number of anilines is 2. The topological polar surface area (TPSA) is 41.6 Å². The first-order valence-corrected chi connectivity index (χ1v) is 10.6. The first-order chi connectivity index (χ1) is 14.5. The van der Waals surface area contributed by atoms with E-state index in [0.29, 0.717) is 11.7 Å². The number of benzene rings is 3.